The topological polar surface area (TPSA) is 72.9 Å². The Morgan fingerprint density at radius 1 is 1.23 bits per heavy atom. The van der Waals surface area contributed by atoms with Crippen LogP contribution in [0.4, 0.5) is 0 Å². The van der Waals surface area contributed by atoms with Crippen molar-refractivity contribution in [2.24, 2.45) is 7.05 Å². The van der Waals surface area contributed by atoms with Gasteiger partial charge in [0.15, 0.2) is 5.75 Å². The third-order valence-corrected chi connectivity index (χ3v) is 3.59. The van der Waals surface area contributed by atoms with Crippen LogP contribution in [0.2, 0.25) is 5.02 Å². The van der Waals surface area contributed by atoms with Crippen molar-refractivity contribution in [3.8, 4) is 22.7 Å². The molecule has 2 aromatic heterocycles. The molecule has 0 saturated heterocycles. The predicted octanol–water partition coefficient (Wildman–Crippen LogP) is 2.30. The second-order valence-corrected chi connectivity index (χ2v) is 5.35. The van der Waals surface area contributed by atoms with Gasteiger partial charge in [0, 0.05) is 18.3 Å². The highest BCUT2D eigenvalue weighted by atomic mass is 35.5. The third kappa shape index (κ3) is 2.37. The molecule has 112 valence electrons. The van der Waals surface area contributed by atoms with Gasteiger partial charge in [0.2, 0.25) is 0 Å². The number of hydrogen-bond donors (Lipinski definition) is 1. The molecular formula is C15H13ClN4O2. The monoisotopic (exact) mass is 316 g/mol. The van der Waals surface area contributed by atoms with E-state index in [1.54, 1.807) is 23.0 Å². The molecule has 3 aromatic rings. The molecule has 3 rings (SSSR count). The first-order valence-electron chi connectivity index (χ1n) is 6.55. The Balaban J connectivity index is 2.17. The van der Waals surface area contributed by atoms with E-state index in [1.807, 2.05) is 19.1 Å². The molecule has 0 unspecified atom stereocenters. The van der Waals surface area contributed by atoms with Crippen molar-refractivity contribution in [3.05, 3.63) is 57.6 Å². The maximum absolute atomic E-state index is 12.2. The molecule has 0 fully saturated rings. The van der Waals surface area contributed by atoms with Crippen LogP contribution in [0.15, 0.2) is 41.5 Å². The summed E-state index contributed by atoms with van der Waals surface area (Å²) in [6, 6.07) is 7.17. The molecule has 7 heteroatoms. The summed E-state index contributed by atoms with van der Waals surface area (Å²) in [6.45, 7) is 1.83. The lowest BCUT2D eigenvalue weighted by Gasteiger charge is -2.04. The van der Waals surface area contributed by atoms with Crippen molar-refractivity contribution in [3.63, 3.8) is 0 Å². The Morgan fingerprint density at radius 3 is 2.59 bits per heavy atom. The lowest BCUT2D eigenvalue weighted by Crippen LogP contribution is -2.21. The molecular weight excluding hydrogens is 304 g/mol. The molecule has 0 aliphatic carbocycles. The van der Waals surface area contributed by atoms with E-state index in [9.17, 15) is 9.90 Å². The maximum atomic E-state index is 12.2. The molecule has 0 aliphatic heterocycles. The molecule has 1 aromatic carbocycles. The molecule has 0 aliphatic rings. The fraction of sp³-hybridized carbons (Fsp3) is 0.133. The van der Waals surface area contributed by atoms with Gasteiger partial charge in [0.1, 0.15) is 11.3 Å². The van der Waals surface area contributed by atoms with E-state index >= 15 is 0 Å². The molecule has 0 radical (unpaired) electrons. The van der Waals surface area contributed by atoms with E-state index in [0.717, 1.165) is 15.9 Å². The summed E-state index contributed by atoms with van der Waals surface area (Å²) in [7, 11) is 1.52. The number of hydrogen-bond acceptors (Lipinski definition) is 4. The normalized spacial score (nSPS) is 10.9. The van der Waals surface area contributed by atoms with Gasteiger partial charge in [0.05, 0.1) is 11.9 Å². The molecule has 22 heavy (non-hydrogen) atoms. The van der Waals surface area contributed by atoms with Gasteiger partial charge in [0.25, 0.3) is 5.56 Å². The van der Waals surface area contributed by atoms with Crippen molar-refractivity contribution in [2.45, 2.75) is 6.92 Å². The number of benzene rings is 1. The van der Waals surface area contributed by atoms with Gasteiger partial charge < -0.3 is 5.11 Å². The fourth-order valence-electron chi connectivity index (χ4n) is 2.19. The molecule has 0 bridgehead atoms. The van der Waals surface area contributed by atoms with Gasteiger partial charge in [-0.15, -0.1) is 0 Å². The van der Waals surface area contributed by atoms with E-state index in [0.29, 0.717) is 10.7 Å². The largest absolute Gasteiger partial charge is 0.505 e. The Morgan fingerprint density at radius 2 is 1.91 bits per heavy atom. The third-order valence-electron chi connectivity index (χ3n) is 3.34. The van der Waals surface area contributed by atoms with Gasteiger partial charge in [-0.25, -0.2) is 9.36 Å². The Bertz CT molecular complexity index is 897. The smallest absolute Gasteiger partial charge is 0.279 e. The number of halogens is 1. The first-order chi connectivity index (χ1) is 10.5. The van der Waals surface area contributed by atoms with Crippen molar-refractivity contribution < 1.29 is 5.11 Å². The van der Waals surface area contributed by atoms with E-state index in [4.69, 9.17) is 11.6 Å². The zero-order chi connectivity index (χ0) is 15.9. The van der Waals surface area contributed by atoms with Gasteiger partial charge in [-0.1, -0.05) is 11.6 Å². The molecule has 0 amide bonds. The van der Waals surface area contributed by atoms with Crippen LogP contribution in [0.3, 0.4) is 0 Å². The highest BCUT2D eigenvalue weighted by molar-refractivity contribution is 6.30. The van der Waals surface area contributed by atoms with E-state index in [-0.39, 0.29) is 11.3 Å². The van der Waals surface area contributed by atoms with Crippen LogP contribution in [-0.4, -0.2) is 24.7 Å². The van der Waals surface area contributed by atoms with Crippen LogP contribution in [0.1, 0.15) is 5.56 Å². The van der Waals surface area contributed by atoms with E-state index in [2.05, 4.69) is 10.2 Å². The summed E-state index contributed by atoms with van der Waals surface area (Å²) in [4.78, 5) is 12.2. The van der Waals surface area contributed by atoms with Crippen LogP contribution in [0.25, 0.3) is 16.9 Å². The van der Waals surface area contributed by atoms with Crippen LogP contribution in [0, 0.1) is 6.92 Å². The van der Waals surface area contributed by atoms with Crippen LogP contribution < -0.4 is 5.56 Å². The Kier molecular flexibility index (Phi) is 3.46. The lowest BCUT2D eigenvalue weighted by molar-refractivity contribution is 0.466. The molecule has 0 saturated carbocycles. The van der Waals surface area contributed by atoms with Gasteiger partial charge in [-0.2, -0.15) is 10.2 Å². The van der Waals surface area contributed by atoms with Gasteiger partial charge >= 0.3 is 0 Å². The number of nitrogens with zero attached hydrogens (tertiary/aromatic N) is 4. The minimum Gasteiger partial charge on any atom is -0.505 e. The molecule has 1 N–H and O–H groups in total. The second kappa shape index (κ2) is 5.31. The van der Waals surface area contributed by atoms with Gasteiger partial charge in [-0.05, 0) is 36.8 Å². The first-order valence-corrected chi connectivity index (χ1v) is 6.93. The number of aromatic hydroxyl groups is 1. The lowest BCUT2D eigenvalue weighted by atomic mass is 10.1. The van der Waals surface area contributed by atoms with Crippen molar-refractivity contribution in [2.75, 3.05) is 0 Å². The summed E-state index contributed by atoms with van der Waals surface area (Å²) < 4.78 is 2.80. The second-order valence-electron chi connectivity index (χ2n) is 4.92. The molecule has 6 nitrogen and oxygen atoms in total. The zero-order valence-corrected chi connectivity index (χ0v) is 12.7. The van der Waals surface area contributed by atoms with E-state index in [1.165, 1.54) is 13.2 Å². The number of aryl methyl sites for hydroxylation is 2. The van der Waals surface area contributed by atoms with Gasteiger partial charge in [-0.3, -0.25) is 4.79 Å². The predicted molar refractivity (Wildman–Crippen MR) is 83.4 cm³/mol. The van der Waals surface area contributed by atoms with Crippen molar-refractivity contribution >= 4 is 11.6 Å². The molecule has 0 spiro atoms. The summed E-state index contributed by atoms with van der Waals surface area (Å²) in [5, 5.41) is 18.8. The Labute approximate surface area is 131 Å². The maximum Gasteiger partial charge on any atom is 0.279 e. The van der Waals surface area contributed by atoms with Crippen LogP contribution >= 0.6 is 11.6 Å². The highest BCUT2D eigenvalue weighted by Gasteiger charge is 2.18. The van der Waals surface area contributed by atoms with Crippen LogP contribution in [-0.2, 0) is 7.05 Å². The summed E-state index contributed by atoms with van der Waals surface area (Å²) in [5.41, 5.74) is 1.75. The Hall–Kier alpha value is -2.60. The standard InChI is InChI=1S/C15H13ClN4O2/c1-9-8-20(11-5-3-10(16)4-6-11)18-14(9)13-12(21)7-17-19(2)15(13)22/h3-8,21H,1-2H3. The fourth-order valence-corrected chi connectivity index (χ4v) is 2.31. The number of aromatic nitrogens is 4. The zero-order valence-electron chi connectivity index (χ0n) is 12.0. The summed E-state index contributed by atoms with van der Waals surface area (Å²) in [5.74, 6) is -0.187. The molecule has 0 atom stereocenters. The first kappa shape index (κ1) is 14.3. The highest BCUT2D eigenvalue weighted by Crippen LogP contribution is 2.26. The quantitative estimate of drug-likeness (QED) is 0.787. The van der Waals surface area contributed by atoms with Crippen molar-refractivity contribution in [1.82, 2.24) is 19.6 Å². The molecule has 2 heterocycles. The van der Waals surface area contributed by atoms with Crippen molar-refractivity contribution in [1.29, 1.82) is 0 Å². The summed E-state index contributed by atoms with van der Waals surface area (Å²) in [6.07, 6.45) is 3.02. The van der Waals surface area contributed by atoms with E-state index < -0.39 is 5.56 Å². The minimum absolute atomic E-state index is 0.141. The number of rotatable bonds is 2. The van der Waals surface area contributed by atoms with Crippen LogP contribution in [0.5, 0.6) is 5.75 Å². The summed E-state index contributed by atoms with van der Waals surface area (Å²) >= 11 is 5.88. The average Bonchev–Trinajstić information content (AvgIpc) is 2.86. The minimum atomic E-state index is -0.399. The average molecular weight is 317 g/mol. The SMILES string of the molecule is Cc1cn(-c2ccc(Cl)cc2)nc1-c1c(O)cnn(C)c1=O.